The molecule has 0 saturated carbocycles. The molecule has 1 aromatic carbocycles. The lowest BCUT2D eigenvalue weighted by Gasteiger charge is -2.35. The van der Waals surface area contributed by atoms with Gasteiger partial charge < -0.3 is 16.0 Å². The number of hydrogen-bond donors (Lipinski definition) is 2. The third kappa shape index (κ3) is 6.01. The Morgan fingerprint density at radius 3 is 2.68 bits per heavy atom. The zero-order valence-electron chi connectivity index (χ0n) is 14.7. The first-order valence-electron chi connectivity index (χ1n) is 8.58. The minimum absolute atomic E-state index is 0.0601. The lowest BCUT2D eigenvalue weighted by atomic mass is 9.92. The van der Waals surface area contributed by atoms with Crippen LogP contribution < -0.4 is 11.1 Å². The third-order valence-electron chi connectivity index (χ3n) is 4.45. The molecule has 2 rings (SSSR count). The number of likely N-dealkylation sites (tertiary alicyclic amines) is 1. The number of thioether (sulfide) groups is 1. The van der Waals surface area contributed by atoms with Crippen molar-refractivity contribution in [3.63, 3.8) is 0 Å². The standard InChI is InChI=1S/C18H26FN3O2S/c1-12(20)14-4-3-9-22(10-14)18(24)13(2)25-11-17(23)21-16-7-5-15(19)6-8-16/h5-8,12-14H,3-4,9-11,20H2,1-2H3,(H,21,23). The predicted molar refractivity (Wildman–Crippen MR) is 99.9 cm³/mol. The van der Waals surface area contributed by atoms with E-state index >= 15 is 0 Å². The fourth-order valence-electron chi connectivity index (χ4n) is 2.90. The Hall–Kier alpha value is -1.60. The molecule has 1 aromatic rings. The molecule has 1 heterocycles. The maximum absolute atomic E-state index is 12.9. The van der Waals surface area contributed by atoms with E-state index in [4.69, 9.17) is 5.73 Å². The highest BCUT2D eigenvalue weighted by Crippen LogP contribution is 2.22. The van der Waals surface area contributed by atoms with Crippen LogP contribution in [0.2, 0.25) is 0 Å². The molecule has 3 N–H and O–H groups in total. The second kappa shape index (κ2) is 9.20. The summed E-state index contributed by atoms with van der Waals surface area (Å²) in [5, 5.41) is 2.41. The van der Waals surface area contributed by atoms with E-state index in [1.165, 1.54) is 36.0 Å². The quantitative estimate of drug-likeness (QED) is 0.810. The average Bonchev–Trinajstić information content (AvgIpc) is 2.61. The molecule has 1 saturated heterocycles. The Balaban J connectivity index is 1.78. The Labute approximate surface area is 152 Å². The number of anilines is 1. The van der Waals surface area contributed by atoms with Crippen molar-refractivity contribution in [1.82, 2.24) is 4.90 Å². The molecule has 7 heteroatoms. The van der Waals surface area contributed by atoms with Crippen molar-refractivity contribution in [2.45, 2.75) is 38.0 Å². The topological polar surface area (TPSA) is 75.4 Å². The Bertz CT molecular complexity index is 594. The molecule has 0 aliphatic carbocycles. The molecule has 5 nitrogen and oxygen atoms in total. The van der Waals surface area contributed by atoms with Crippen LogP contribution in [0.3, 0.4) is 0 Å². The molecule has 1 aliphatic heterocycles. The molecule has 3 atom stereocenters. The van der Waals surface area contributed by atoms with Gasteiger partial charge in [-0.2, -0.15) is 0 Å². The molecule has 25 heavy (non-hydrogen) atoms. The number of piperidine rings is 1. The van der Waals surface area contributed by atoms with Gasteiger partial charge >= 0.3 is 0 Å². The third-order valence-corrected chi connectivity index (χ3v) is 5.58. The van der Waals surface area contributed by atoms with Gasteiger partial charge in [0.2, 0.25) is 11.8 Å². The number of carbonyl (C=O) groups excluding carboxylic acids is 2. The monoisotopic (exact) mass is 367 g/mol. The molecule has 1 aliphatic rings. The van der Waals surface area contributed by atoms with E-state index in [0.29, 0.717) is 18.2 Å². The van der Waals surface area contributed by atoms with Gasteiger partial charge in [0.05, 0.1) is 11.0 Å². The maximum Gasteiger partial charge on any atom is 0.235 e. The summed E-state index contributed by atoms with van der Waals surface area (Å²) in [4.78, 5) is 26.4. The van der Waals surface area contributed by atoms with Crippen LogP contribution in [0.5, 0.6) is 0 Å². The Kier molecular flexibility index (Phi) is 7.25. The van der Waals surface area contributed by atoms with Crippen molar-refractivity contribution in [2.75, 3.05) is 24.2 Å². The van der Waals surface area contributed by atoms with E-state index in [1.54, 1.807) is 0 Å². The molecule has 1 fully saturated rings. The lowest BCUT2D eigenvalue weighted by Crippen LogP contribution is -2.47. The minimum atomic E-state index is -0.349. The lowest BCUT2D eigenvalue weighted by molar-refractivity contribution is -0.132. The van der Waals surface area contributed by atoms with Crippen LogP contribution in [0.15, 0.2) is 24.3 Å². The second-order valence-corrected chi connectivity index (χ2v) is 7.88. The van der Waals surface area contributed by atoms with Crippen molar-refractivity contribution < 1.29 is 14.0 Å². The van der Waals surface area contributed by atoms with Gasteiger partial charge in [-0.25, -0.2) is 4.39 Å². The SMILES string of the molecule is CC(SCC(=O)Nc1ccc(F)cc1)C(=O)N1CCCC(C(C)N)C1. The van der Waals surface area contributed by atoms with Gasteiger partial charge in [-0.15, -0.1) is 11.8 Å². The summed E-state index contributed by atoms with van der Waals surface area (Å²) in [6.07, 6.45) is 2.03. The highest BCUT2D eigenvalue weighted by molar-refractivity contribution is 8.01. The van der Waals surface area contributed by atoms with Crippen molar-refractivity contribution in [3.8, 4) is 0 Å². The molecule has 0 spiro atoms. The van der Waals surface area contributed by atoms with Crippen molar-refractivity contribution in [3.05, 3.63) is 30.1 Å². The zero-order chi connectivity index (χ0) is 18.4. The summed E-state index contributed by atoms with van der Waals surface area (Å²) in [5.41, 5.74) is 6.51. The summed E-state index contributed by atoms with van der Waals surface area (Å²) >= 11 is 1.31. The van der Waals surface area contributed by atoms with Crippen LogP contribution in [0.4, 0.5) is 10.1 Å². The first-order chi connectivity index (χ1) is 11.9. The number of nitrogens with zero attached hydrogens (tertiary/aromatic N) is 1. The van der Waals surface area contributed by atoms with Crippen LogP contribution in [0, 0.1) is 11.7 Å². The van der Waals surface area contributed by atoms with Gasteiger partial charge in [-0.05, 0) is 56.9 Å². The fourth-order valence-corrected chi connectivity index (χ4v) is 3.66. The normalized spacial score (nSPS) is 20.0. The highest BCUT2D eigenvalue weighted by Gasteiger charge is 2.28. The number of rotatable bonds is 6. The zero-order valence-corrected chi connectivity index (χ0v) is 15.5. The van der Waals surface area contributed by atoms with Gasteiger partial charge in [0, 0.05) is 24.8 Å². The van der Waals surface area contributed by atoms with E-state index < -0.39 is 0 Å². The highest BCUT2D eigenvalue weighted by atomic mass is 32.2. The minimum Gasteiger partial charge on any atom is -0.341 e. The van der Waals surface area contributed by atoms with Crippen molar-refractivity contribution in [2.24, 2.45) is 11.7 Å². The average molecular weight is 367 g/mol. The van der Waals surface area contributed by atoms with Crippen molar-refractivity contribution in [1.29, 1.82) is 0 Å². The molecule has 2 amide bonds. The van der Waals surface area contributed by atoms with Crippen LogP contribution in [-0.2, 0) is 9.59 Å². The van der Waals surface area contributed by atoms with Crippen LogP contribution in [0.1, 0.15) is 26.7 Å². The number of carbonyl (C=O) groups is 2. The van der Waals surface area contributed by atoms with Gasteiger partial charge in [0.25, 0.3) is 0 Å². The smallest absolute Gasteiger partial charge is 0.235 e. The first-order valence-corrected chi connectivity index (χ1v) is 9.63. The van der Waals surface area contributed by atoms with Gasteiger partial charge in [0.15, 0.2) is 0 Å². The molecule has 0 aromatic heterocycles. The summed E-state index contributed by atoms with van der Waals surface area (Å²) < 4.78 is 12.9. The largest absolute Gasteiger partial charge is 0.341 e. The second-order valence-electron chi connectivity index (χ2n) is 6.55. The molecular formula is C18H26FN3O2S. The van der Waals surface area contributed by atoms with Crippen molar-refractivity contribution >= 4 is 29.3 Å². The number of nitrogens with one attached hydrogen (secondary N) is 1. The van der Waals surface area contributed by atoms with E-state index in [-0.39, 0.29) is 34.7 Å². The number of nitrogens with two attached hydrogens (primary N) is 1. The number of hydrogen-bond acceptors (Lipinski definition) is 4. The molecule has 3 unspecified atom stereocenters. The van der Waals surface area contributed by atoms with Gasteiger partial charge in [0.1, 0.15) is 5.82 Å². The first kappa shape index (κ1) is 19.7. The number of amides is 2. The van der Waals surface area contributed by atoms with E-state index in [0.717, 1.165) is 19.4 Å². The maximum atomic E-state index is 12.9. The van der Waals surface area contributed by atoms with Gasteiger partial charge in [-0.3, -0.25) is 9.59 Å². The number of benzene rings is 1. The van der Waals surface area contributed by atoms with Crippen LogP contribution in [-0.4, -0.2) is 46.8 Å². The molecule has 0 bridgehead atoms. The van der Waals surface area contributed by atoms with Gasteiger partial charge in [-0.1, -0.05) is 0 Å². The van der Waals surface area contributed by atoms with E-state index in [9.17, 15) is 14.0 Å². The summed E-state index contributed by atoms with van der Waals surface area (Å²) in [6, 6.07) is 5.68. The molecule has 0 radical (unpaired) electrons. The fraction of sp³-hybridized carbons (Fsp3) is 0.556. The van der Waals surface area contributed by atoms with E-state index in [2.05, 4.69) is 5.32 Å². The van der Waals surface area contributed by atoms with Crippen LogP contribution >= 0.6 is 11.8 Å². The Morgan fingerprint density at radius 1 is 1.36 bits per heavy atom. The van der Waals surface area contributed by atoms with Crippen LogP contribution in [0.25, 0.3) is 0 Å². The molecular weight excluding hydrogens is 341 g/mol. The molecule has 138 valence electrons. The predicted octanol–water partition coefficient (Wildman–Crippen LogP) is 2.47. The summed E-state index contributed by atoms with van der Waals surface area (Å²) in [6.45, 7) is 5.27. The summed E-state index contributed by atoms with van der Waals surface area (Å²) in [5.74, 6) is 0.0256. The Morgan fingerprint density at radius 2 is 2.04 bits per heavy atom. The number of halogens is 1. The summed E-state index contributed by atoms with van der Waals surface area (Å²) in [7, 11) is 0. The van der Waals surface area contributed by atoms with E-state index in [1.807, 2.05) is 18.7 Å².